The van der Waals surface area contributed by atoms with E-state index in [1.54, 1.807) is 17.0 Å². The summed E-state index contributed by atoms with van der Waals surface area (Å²) in [6.45, 7) is 5.73. The zero-order chi connectivity index (χ0) is 18.1. The molecule has 1 aromatic carbocycles. The van der Waals surface area contributed by atoms with Crippen LogP contribution in [0, 0.1) is 0 Å². The largest absolute Gasteiger partial charge is 0.353 e. The Bertz CT molecular complexity index is 797. The third kappa shape index (κ3) is 3.39. The number of halogens is 1. The van der Waals surface area contributed by atoms with Crippen molar-refractivity contribution in [1.82, 2.24) is 14.7 Å². The maximum Gasteiger partial charge on any atom is 0.322 e. The minimum atomic E-state index is -0.126. The van der Waals surface area contributed by atoms with Crippen molar-refractivity contribution < 1.29 is 4.79 Å². The molecule has 1 N–H and O–H groups in total. The van der Waals surface area contributed by atoms with Crippen LogP contribution in [-0.4, -0.2) is 71.7 Å². The molecule has 136 valence electrons. The Balaban J connectivity index is 1.35. The van der Waals surface area contributed by atoms with Gasteiger partial charge >= 0.3 is 6.03 Å². The van der Waals surface area contributed by atoms with Crippen molar-refractivity contribution in [2.24, 2.45) is 9.98 Å². The number of hydrogen-bond donors (Lipinski definition) is 1. The summed E-state index contributed by atoms with van der Waals surface area (Å²) < 4.78 is 0. The van der Waals surface area contributed by atoms with Crippen molar-refractivity contribution in [3.05, 3.63) is 41.2 Å². The van der Waals surface area contributed by atoms with E-state index in [1.807, 2.05) is 24.5 Å². The molecule has 3 heterocycles. The van der Waals surface area contributed by atoms with Gasteiger partial charge in [-0.1, -0.05) is 23.7 Å². The minimum Gasteiger partial charge on any atom is -0.353 e. The van der Waals surface area contributed by atoms with Crippen LogP contribution >= 0.6 is 11.6 Å². The second kappa shape index (κ2) is 6.99. The first kappa shape index (κ1) is 16.9. The van der Waals surface area contributed by atoms with E-state index in [0.29, 0.717) is 29.8 Å². The minimum absolute atomic E-state index is 0.126. The molecule has 4 rings (SSSR count). The molecule has 1 unspecified atom stereocenters. The molecule has 3 aliphatic rings. The van der Waals surface area contributed by atoms with E-state index in [-0.39, 0.29) is 6.03 Å². The lowest BCUT2D eigenvalue weighted by Gasteiger charge is -2.36. The lowest BCUT2D eigenvalue weighted by Crippen LogP contribution is -2.50. The topological polar surface area (TPSA) is 63.5 Å². The average molecular weight is 373 g/mol. The first-order valence-corrected chi connectivity index (χ1v) is 9.14. The molecule has 0 saturated carbocycles. The standard InChI is InChI=1S/C18H21ClN6O/c1-13-11-25-12-20-16(10-17(25)21-13)23-6-8-24(9-7-23)18(26)22-15-5-3-2-4-14(15)19/h2-5,10,12-13H,6-9,11H2,1H3,(H,22,26). The number of carbonyl (C=O) groups excluding carboxylic acids is 1. The molecule has 0 spiro atoms. The molecule has 1 fully saturated rings. The average Bonchev–Trinajstić information content (AvgIpc) is 3.03. The van der Waals surface area contributed by atoms with Gasteiger partial charge in [0, 0.05) is 38.8 Å². The van der Waals surface area contributed by atoms with Gasteiger partial charge in [-0.25, -0.2) is 9.79 Å². The van der Waals surface area contributed by atoms with Gasteiger partial charge in [0.1, 0.15) is 11.7 Å². The Labute approximate surface area is 157 Å². The highest BCUT2D eigenvalue weighted by molar-refractivity contribution is 6.33. The van der Waals surface area contributed by atoms with Gasteiger partial charge in [0.15, 0.2) is 0 Å². The second-order valence-electron chi connectivity index (χ2n) is 6.62. The van der Waals surface area contributed by atoms with E-state index < -0.39 is 0 Å². The number of amides is 2. The van der Waals surface area contributed by atoms with Crippen molar-refractivity contribution in [2.75, 3.05) is 38.0 Å². The smallest absolute Gasteiger partial charge is 0.322 e. The number of hydrogen-bond acceptors (Lipinski definition) is 5. The Morgan fingerprint density at radius 2 is 2.00 bits per heavy atom. The van der Waals surface area contributed by atoms with Crippen LogP contribution in [0.3, 0.4) is 0 Å². The summed E-state index contributed by atoms with van der Waals surface area (Å²) in [5, 5.41) is 3.42. The summed E-state index contributed by atoms with van der Waals surface area (Å²) in [6.07, 6.45) is 3.89. The molecule has 3 aliphatic heterocycles. The van der Waals surface area contributed by atoms with Crippen LogP contribution in [0.25, 0.3) is 0 Å². The molecule has 0 radical (unpaired) electrons. The number of rotatable bonds is 2. The molecule has 1 aromatic rings. The highest BCUT2D eigenvalue weighted by atomic mass is 35.5. The van der Waals surface area contributed by atoms with Gasteiger partial charge in [-0.05, 0) is 19.1 Å². The summed E-state index contributed by atoms with van der Waals surface area (Å²) >= 11 is 6.11. The van der Waals surface area contributed by atoms with Crippen LogP contribution in [-0.2, 0) is 0 Å². The summed E-state index contributed by atoms with van der Waals surface area (Å²) in [5.74, 6) is 1.89. The maximum atomic E-state index is 12.5. The second-order valence-corrected chi connectivity index (χ2v) is 7.03. The number of benzene rings is 1. The maximum absolute atomic E-state index is 12.5. The zero-order valence-corrected chi connectivity index (χ0v) is 15.4. The highest BCUT2D eigenvalue weighted by Gasteiger charge is 2.27. The van der Waals surface area contributed by atoms with E-state index >= 15 is 0 Å². The van der Waals surface area contributed by atoms with Crippen molar-refractivity contribution >= 4 is 35.5 Å². The predicted octanol–water partition coefficient (Wildman–Crippen LogP) is 2.48. The van der Waals surface area contributed by atoms with Gasteiger partial charge < -0.3 is 20.0 Å². The molecule has 0 bridgehead atoms. The summed E-state index contributed by atoms with van der Waals surface area (Å²) in [4.78, 5) is 27.7. The van der Waals surface area contributed by atoms with Crippen molar-refractivity contribution in [2.45, 2.75) is 13.0 Å². The van der Waals surface area contributed by atoms with Crippen molar-refractivity contribution in [3.8, 4) is 0 Å². The molecule has 0 aliphatic carbocycles. The van der Waals surface area contributed by atoms with Gasteiger partial charge in [-0.3, -0.25) is 4.99 Å². The fourth-order valence-electron chi connectivity index (χ4n) is 3.30. The van der Waals surface area contributed by atoms with Gasteiger partial charge in [-0.15, -0.1) is 0 Å². The first-order valence-electron chi connectivity index (χ1n) is 8.76. The molecular weight excluding hydrogens is 352 g/mol. The quantitative estimate of drug-likeness (QED) is 0.867. The number of nitrogens with zero attached hydrogens (tertiary/aromatic N) is 5. The molecule has 26 heavy (non-hydrogen) atoms. The normalized spacial score (nSPS) is 22.1. The number of fused-ring (bicyclic) bond motifs is 1. The Kier molecular flexibility index (Phi) is 4.55. The van der Waals surface area contributed by atoms with Gasteiger partial charge in [-0.2, -0.15) is 0 Å². The van der Waals surface area contributed by atoms with E-state index in [2.05, 4.69) is 32.0 Å². The number of para-hydroxylation sites is 1. The van der Waals surface area contributed by atoms with Crippen LogP contribution in [0.1, 0.15) is 6.92 Å². The van der Waals surface area contributed by atoms with E-state index in [1.165, 1.54) is 0 Å². The molecule has 1 saturated heterocycles. The van der Waals surface area contributed by atoms with Crippen LogP contribution in [0.2, 0.25) is 5.02 Å². The number of carbonyl (C=O) groups is 1. The van der Waals surface area contributed by atoms with Gasteiger partial charge in [0.25, 0.3) is 0 Å². The summed E-state index contributed by atoms with van der Waals surface area (Å²) in [6, 6.07) is 7.43. The number of urea groups is 1. The SMILES string of the molecule is CC1CN2C=NC(N3CCN(C(=O)Nc4ccccc4Cl)CC3)=CC2=N1. The molecule has 7 nitrogen and oxygen atoms in total. The lowest BCUT2D eigenvalue weighted by molar-refractivity contribution is 0.167. The molecule has 2 amide bonds. The van der Waals surface area contributed by atoms with Crippen LogP contribution in [0.5, 0.6) is 0 Å². The zero-order valence-electron chi connectivity index (χ0n) is 14.6. The molecule has 1 atom stereocenters. The van der Waals surface area contributed by atoms with Crippen LogP contribution in [0.15, 0.2) is 46.1 Å². The summed E-state index contributed by atoms with van der Waals surface area (Å²) in [7, 11) is 0. The lowest BCUT2D eigenvalue weighted by atomic mass is 10.3. The van der Waals surface area contributed by atoms with E-state index in [9.17, 15) is 4.79 Å². The number of nitrogens with one attached hydrogen (secondary N) is 1. The number of amidine groups is 1. The Morgan fingerprint density at radius 1 is 1.23 bits per heavy atom. The Morgan fingerprint density at radius 3 is 2.77 bits per heavy atom. The fraction of sp³-hybridized carbons (Fsp3) is 0.389. The van der Waals surface area contributed by atoms with Crippen LogP contribution < -0.4 is 5.32 Å². The summed E-state index contributed by atoms with van der Waals surface area (Å²) in [5.41, 5.74) is 0.634. The number of anilines is 1. The molecule has 8 heteroatoms. The van der Waals surface area contributed by atoms with Gasteiger partial charge in [0.2, 0.25) is 0 Å². The first-order chi connectivity index (χ1) is 12.6. The third-order valence-corrected chi connectivity index (χ3v) is 5.03. The van der Waals surface area contributed by atoms with E-state index in [4.69, 9.17) is 11.6 Å². The Hall–Kier alpha value is -2.54. The van der Waals surface area contributed by atoms with E-state index in [0.717, 1.165) is 31.3 Å². The van der Waals surface area contributed by atoms with Gasteiger partial charge in [0.05, 0.1) is 23.1 Å². The predicted molar refractivity (Wildman–Crippen MR) is 104 cm³/mol. The fourth-order valence-corrected chi connectivity index (χ4v) is 3.48. The highest BCUT2D eigenvalue weighted by Crippen LogP contribution is 2.22. The van der Waals surface area contributed by atoms with Crippen molar-refractivity contribution in [3.63, 3.8) is 0 Å². The van der Waals surface area contributed by atoms with Crippen molar-refractivity contribution in [1.29, 1.82) is 0 Å². The monoisotopic (exact) mass is 372 g/mol. The molecular formula is C18H21ClN6O. The number of aliphatic imine (C=N–C) groups is 2. The number of piperazine rings is 1. The molecule has 0 aromatic heterocycles. The van der Waals surface area contributed by atoms with Crippen LogP contribution in [0.4, 0.5) is 10.5 Å². The third-order valence-electron chi connectivity index (χ3n) is 4.70.